The second kappa shape index (κ2) is 12.0. The first-order valence-corrected chi connectivity index (χ1v) is 13.5. The summed E-state index contributed by atoms with van der Waals surface area (Å²) >= 11 is 0. The Hall–Kier alpha value is -3.35. The molecule has 40 heavy (non-hydrogen) atoms. The van der Waals surface area contributed by atoms with Crippen LogP contribution in [-0.2, 0) is 20.6 Å². The van der Waals surface area contributed by atoms with Crippen molar-refractivity contribution in [3.8, 4) is 5.75 Å². The highest BCUT2D eigenvalue weighted by Crippen LogP contribution is 2.44. The van der Waals surface area contributed by atoms with E-state index in [1.54, 1.807) is 20.8 Å². The minimum Gasteiger partial charge on any atom is -0.476 e. The fourth-order valence-electron chi connectivity index (χ4n) is 5.18. The van der Waals surface area contributed by atoms with Gasteiger partial charge in [0.15, 0.2) is 5.60 Å². The summed E-state index contributed by atoms with van der Waals surface area (Å²) in [6.45, 7) is 8.39. The number of piperidine rings is 1. The van der Waals surface area contributed by atoms with E-state index in [1.165, 1.54) is 28.5 Å². The van der Waals surface area contributed by atoms with Crippen LogP contribution in [0.2, 0.25) is 0 Å². The number of alkyl halides is 3. The summed E-state index contributed by atoms with van der Waals surface area (Å²) in [6.07, 6.45) is -3.60. The standard InChI is InChI=1S/C27H38F3N5O5/c1-6-22(36)32-9-11-34-20-12-18(19(27(28,29)30)13-21(20)40-26(4,5)25(34)39)24(38)35(16(2)3)17-8-7-10-33(15-17)23(37)14-31/h12-13,16-17H,6-11,14-15,31H2,1-5H3,(H,32,36)/t17-/m1/s1. The Morgan fingerprint density at radius 2 is 1.93 bits per heavy atom. The monoisotopic (exact) mass is 569 g/mol. The van der Waals surface area contributed by atoms with Gasteiger partial charge in [0.05, 0.1) is 23.4 Å². The van der Waals surface area contributed by atoms with Crippen molar-refractivity contribution in [3.63, 3.8) is 0 Å². The van der Waals surface area contributed by atoms with Crippen LogP contribution in [0.4, 0.5) is 18.9 Å². The average molecular weight is 570 g/mol. The maximum atomic E-state index is 14.4. The second-order valence-corrected chi connectivity index (χ2v) is 10.8. The zero-order valence-corrected chi connectivity index (χ0v) is 23.6. The van der Waals surface area contributed by atoms with Crippen LogP contribution in [0, 0.1) is 0 Å². The number of likely N-dealkylation sites (tertiary alicyclic amines) is 1. The van der Waals surface area contributed by atoms with Gasteiger partial charge in [-0.3, -0.25) is 19.2 Å². The topological polar surface area (TPSA) is 125 Å². The predicted molar refractivity (Wildman–Crippen MR) is 142 cm³/mol. The van der Waals surface area contributed by atoms with Gasteiger partial charge in [-0.05, 0) is 52.7 Å². The molecule has 1 aromatic rings. The number of nitrogens with one attached hydrogen (secondary N) is 1. The molecule has 1 fully saturated rings. The van der Waals surface area contributed by atoms with Gasteiger partial charge in [0, 0.05) is 44.7 Å². The van der Waals surface area contributed by atoms with Crippen LogP contribution in [0.15, 0.2) is 12.1 Å². The van der Waals surface area contributed by atoms with Crippen molar-refractivity contribution in [2.75, 3.05) is 37.6 Å². The van der Waals surface area contributed by atoms with Gasteiger partial charge in [-0.15, -0.1) is 0 Å². The van der Waals surface area contributed by atoms with Crippen LogP contribution in [0.5, 0.6) is 5.75 Å². The van der Waals surface area contributed by atoms with E-state index < -0.39 is 46.8 Å². The number of anilines is 1. The van der Waals surface area contributed by atoms with Crippen LogP contribution in [0.3, 0.4) is 0 Å². The lowest BCUT2D eigenvalue weighted by Gasteiger charge is -2.42. The Kier molecular flexibility index (Phi) is 9.38. The van der Waals surface area contributed by atoms with E-state index in [0.29, 0.717) is 19.4 Å². The van der Waals surface area contributed by atoms with Crippen molar-refractivity contribution in [1.82, 2.24) is 15.1 Å². The molecule has 3 rings (SSSR count). The molecule has 0 spiro atoms. The first-order valence-electron chi connectivity index (χ1n) is 13.5. The number of halogens is 3. The van der Waals surface area contributed by atoms with Gasteiger partial charge < -0.3 is 30.5 Å². The van der Waals surface area contributed by atoms with Crippen molar-refractivity contribution in [2.24, 2.45) is 5.73 Å². The molecule has 0 saturated carbocycles. The van der Waals surface area contributed by atoms with E-state index >= 15 is 0 Å². The van der Waals surface area contributed by atoms with Crippen LogP contribution in [0.1, 0.15) is 69.8 Å². The molecule has 0 aromatic heterocycles. The third kappa shape index (κ3) is 6.51. The molecule has 4 amide bonds. The molecule has 2 aliphatic rings. The number of carbonyl (C=O) groups is 4. The lowest BCUT2D eigenvalue weighted by Crippen LogP contribution is -2.55. The lowest BCUT2D eigenvalue weighted by molar-refractivity contribution is -0.138. The highest BCUT2D eigenvalue weighted by atomic mass is 19.4. The van der Waals surface area contributed by atoms with E-state index in [1.807, 2.05) is 0 Å². The molecule has 222 valence electrons. The molecular formula is C27H38F3N5O5. The molecule has 1 aromatic carbocycles. The third-order valence-corrected chi connectivity index (χ3v) is 7.14. The molecule has 0 bridgehead atoms. The fourth-order valence-corrected chi connectivity index (χ4v) is 5.18. The summed E-state index contributed by atoms with van der Waals surface area (Å²) in [4.78, 5) is 55.3. The van der Waals surface area contributed by atoms with Crippen molar-refractivity contribution in [3.05, 3.63) is 23.3 Å². The van der Waals surface area contributed by atoms with Crippen molar-refractivity contribution in [1.29, 1.82) is 0 Å². The lowest BCUT2D eigenvalue weighted by atomic mass is 9.96. The largest absolute Gasteiger partial charge is 0.476 e. The number of nitrogens with two attached hydrogens (primary N) is 1. The fraction of sp³-hybridized carbons (Fsp3) is 0.630. The van der Waals surface area contributed by atoms with Gasteiger partial charge in [-0.1, -0.05) is 6.92 Å². The number of hydrogen-bond acceptors (Lipinski definition) is 6. The number of hydrogen-bond donors (Lipinski definition) is 2. The summed E-state index contributed by atoms with van der Waals surface area (Å²) in [5.74, 6) is -2.12. The molecular weight excluding hydrogens is 531 g/mol. The van der Waals surface area contributed by atoms with Crippen molar-refractivity contribution >= 4 is 29.3 Å². The molecule has 0 radical (unpaired) electrons. The SMILES string of the molecule is CCC(=O)NCCN1C(=O)C(C)(C)Oc2cc(C(F)(F)F)c(C(=O)N(C(C)C)[C@@H]3CCCN(C(=O)CN)C3)cc21. The van der Waals surface area contributed by atoms with Crippen LogP contribution >= 0.6 is 0 Å². The van der Waals surface area contributed by atoms with E-state index in [4.69, 9.17) is 10.5 Å². The molecule has 0 unspecified atom stereocenters. The molecule has 10 nitrogen and oxygen atoms in total. The molecule has 2 heterocycles. The minimum absolute atomic E-state index is 0.0127. The summed E-state index contributed by atoms with van der Waals surface area (Å²) in [5.41, 5.74) is 2.24. The minimum atomic E-state index is -4.90. The summed E-state index contributed by atoms with van der Waals surface area (Å²) in [7, 11) is 0. The van der Waals surface area contributed by atoms with E-state index in [9.17, 15) is 32.3 Å². The van der Waals surface area contributed by atoms with Gasteiger partial charge in [-0.25, -0.2) is 0 Å². The third-order valence-electron chi connectivity index (χ3n) is 7.14. The van der Waals surface area contributed by atoms with Gasteiger partial charge in [0.25, 0.3) is 11.8 Å². The van der Waals surface area contributed by atoms with E-state index in [0.717, 1.165) is 12.1 Å². The normalized spacial score (nSPS) is 18.8. The summed E-state index contributed by atoms with van der Waals surface area (Å²) < 4.78 is 48.8. The van der Waals surface area contributed by atoms with Crippen molar-refractivity contribution < 1.29 is 37.1 Å². The second-order valence-electron chi connectivity index (χ2n) is 10.8. The summed E-state index contributed by atoms with van der Waals surface area (Å²) in [5, 5.41) is 2.66. The highest BCUT2D eigenvalue weighted by molar-refractivity contribution is 6.05. The Bertz CT molecular complexity index is 1150. The number of fused-ring (bicyclic) bond motifs is 1. The Morgan fingerprint density at radius 1 is 1.25 bits per heavy atom. The number of rotatable bonds is 8. The van der Waals surface area contributed by atoms with Crippen LogP contribution < -0.4 is 20.7 Å². The van der Waals surface area contributed by atoms with Gasteiger partial charge in [0.1, 0.15) is 5.75 Å². The predicted octanol–water partition coefficient (Wildman–Crippen LogP) is 2.54. The molecule has 2 aliphatic heterocycles. The highest BCUT2D eigenvalue weighted by Gasteiger charge is 2.45. The van der Waals surface area contributed by atoms with E-state index in [-0.39, 0.29) is 55.9 Å². The van der Waals surface area contributed by atoms with Crippen molar-refractivity contribution in [2.45, 2.75) is 77.7 Å². The molecule has 0 aliphatic carbocycles. The first-order chi connectivity index (χ1) is 18.6. The Morgan fingerprint density at radius 3 is 2.50 bits per heavy atom. The molecule has 1 atom stereocenters. The smallest absolute Gasteiger partial charge is 0.417 e. The van der Waals surface area contributed by atoms with E-state index in [2.05, 4.69) is 5.32 Å². The molecule has 1 saturated heterocycles. The van der Waals surface area contributed by atoms with Gasteiger partial charge in [0.2, 0.25) is 11.8 Å². The molecule has 13 heteroatoms. The van der Waals surface area contributed by atoms with Gasteiger partial charge >= 0.3 is 6.18 Å². The number of nitrogens with zero attached hydrogens (tertiary/aromatic N) is 3. The average Bonchev–Trinajstić information content (AvgIpc) is 2.88. The number of benzene rings is 1. The number of amides is 4. The number of carbonyl (C=O) groups excluding carboxylic acids is 4. The van der Waals surface area contributed by atoms with Gasteiger partial charge in [-0.2, -0.15) is 13.2 Å². The summed E-state index contributed by atoms with van der Waals surface area (Å²) in [6, 6.07) is 0.805. The maximum absolute atomic E-state index is 14.4. The zero-order chi connectivity index (χ0) is 30.0. The first kappa shape index (κ1) is 31.2. The van der Waals surface area contributed by atoms with Crippen LogP contribution in [0.25, 0.3) is 0 Å². The Labute approximate surface area is 232 Å². The molecule has 3 N–H and O–H groups in total. The zero-order valence-electron chi connectivity index (χ0n) is 23.6. The maximum Gasteiger partial charge on any atom is 0.417 e. The Balaban J connectivity index is 2.09. The van der Waals surface area contributed by atoms with Crippen LogP contribution in [-0.4, -0.2) is 83.8 Å². The quantitative estimate of drug-likeness (QED) is 0.496. The number of ether oxygens (including phenoxy) is 1.